The van der Waals surface area contributed by atoms with Crippen LogP contribution in [0.3, 0.4) is 0 Å². The molecule has 3 nitrogen and oxygen atoms in total. The minimum absolute atomic E-state index is 0.0199. The molecular formula is C13H24N2O. The summed E-state index contributed by atoms with van der Waals surface area (Å²) < 4.78 is 0. The summed E-state index contributed by atoms with van der Waals surface area (Å²) in [5.41, 5.74) is 5.42. The van der Waals surface area contributed by atoms with Crippen LogP contribution in [0.15, 0.2) is 0 Å². The number of carbonyl (C=O) groups excluding carboxylic acids is 1. The van der Waals surface area contributed by atoms with Gasteiger partial charge in [-0.3, -0.25) is 4.79 Å². The summed E-state index contributed by atoms with van der Waals surface area (Å²) in [6, 6.07) is 0. The minimum Gasteiger partial charge on any atom is -0.370 e. The second kappa shape index (κ2) is 4.74. The van der Waals surface area contributed by atoms with Gasteiger partial charge in [-0.15, -0.1) is 0 Å². The van der Waals surface area contributed by atoms with Gasteiger partial charge in [0.05, 0.1) is 0 Å². The largest absolute Gasteiger partial charge is 0.370 e. The van der Waals surface area contributed by atoms with Crippen LogP contribution < -0.4 is 11.1 Å². The second-order valence-corrected chi connectivity index (χ2v) is 5.65. The minimum atomic E-state index is -0.155. The molecule has 3 heteroatoms. The maximum absolute atomic E-state index is 11.2. The van der Waals surface area contributed by atoms with Gasteiger partial charge in [-0.2, -0.15) is 0 Å². The lowest BCUT2D eigenvalue weighted by atomic mass is 9.72. The van der Waals surface area contributed by atoms with Crippen molar-refractivity contribution >= 4 is 5.91 Å². The zero-order chi connectivity index (χ0) is 11.6. The molecule has 0 spiro atoms. The van der Waals surface area contributed by atoms with Crippen LogP contribution in [0.5, 0.6) is 0 Å². The third kappa shape index (κ3) is 2.76. The highest BCUT2D eigenvalue weighted by atomic mass is 16.1. The van der Waals surface area contributed by atoms with Gasteiger partial charge in [-0.05, 0) is 44.1 Å². The van der Waals surface area contributed by atoms with Crippen LogP contribution in [0.1, 0.15) is 51.9 Å². The maximum atomic E-state index is 11.2. The molecule has 0 aliphatic heterocycles. The van der Waals surface area contributed by atoms with E-state index in [1.807, 2.05) is 0 Å². The molecule has 2 aliphatic rings. The Kier molecular flexibility index (Phi) is 3.53. The fraction of sp³-hybridized carbons (Fsp3) is 0.923. The Morgan fingerprint density at radius 2 is 2.12 bits per heavy atom. The van der Waals surface area contributed by atoms with E-state index >= 15 is 0 Å². The second-order valence-electron chi connectivity index (χ2n) is 5.65. The van der Waals surface area contributed by atoms with E-state index in [1.165, 1.54) is 25.7 Å². The van der Waals surface area contributed by atoms with E-state index in [1.54, 1.807) is 0 Å². The Labute approximate surface area is 98.2 Å². The van der Waals surface area contributed by atoms with Crippen LogP contribution in [-0.2, 0) is 4.79 Å². The van der Waals surface area contributed by atoms with E-state index < -0.39 is 0 Å². The first-order valence-corrected chi connectivity index (χ1v) is 6.68. The van der Waals surface area contributed by atoms with Crippen molar-refractivity contribution in [1.82, 2.24) is 5.32 Å². The van der Waals surface area contributed by atoms with Crippen LogP contribution >= 0.6 is 0 Å². The third-order valence-corrected chi connectivity index (χ3v) is 4.24. The van der Waals surface area contributed by atoms with Crippen molar-refractivity contribution in [2.45, 2.75) is 57.4 Å². The zero-order valence-electron chi connectivity index (χ0n) is 10.3. The van der Waals surface area contributed by atoms with Crippen molar-refractivity contribution < 1.29 is 4.79 Å². The van der Waals surface area contributed by atoms with E-state index in [0.29, 0.717) is 6.42 Å². The Balaban J connectivity index is 2.01. The molecule has 0 radical (unpaired) electrons. The van der Waals surface area contributed by atoms with E-state index in [4.69, 9.17) is 5.73 Å². The van der Waals surface area contributed by atoms with E-state index in [2.05, 4.69) is 12.2 Å². The Morgan fingerprint density at radius 3 is 2.69 bits per heavy atom. The Bertz CT molecular complexity index is 259. The fourth-order valence-electron chi connectivity index (χ4n) is 3.47. The lowest BCUT2D eigenvalue weighted by molar-refractivity contribution is -0.120. The molecule has 92 valence electrons. The smallest absolute Gasteiger partial charge is 0.219 e. The number of hydrogen-bond donors (Lipinski definition) is 2. The molecule has 0 aromatic heterocycles. The summed E-state index contributed by atoms with van der Waals surface area (Å²) in [7, 11) is 0. The Hall–Kier alpha value is -0.570. The highest BCUT2D eigenvalue weighted by molar-refractivity contribution is 5.75. The summed E-state index contributed by atoms with van der Waals surface area (Å²) >= 11 is 0. The molecular weight excluding hydrogens is 200 g/mol. The highest BCUT2D eigenvalue weighted by Gasteiger charge is 2.42. The summed E-state index contributed by atoms with van der Waals surface area (Å²) in [6.07, 6.45) is 8.22. The predicted molar refractivity (Wildman–Crippen MR) is 64.9 cm³/mol. The molecule has 2 saturated carbocycles. The number of carbonyl (C=O) groups is 1. The molecule has 3 N–H and O–H groups in total. The van der Waals surface area contributed by atoms with E-state index in [-0.39, 0.29) is 11.4 Å². The van der Waals surface area contributed by atoms with Gasteiger partial charge in [-0.25, -0.2) is 0 Å². The van der Waals surface area contributed by atoms with Crippen LogP contribution in [-0.4, -0.2) is 18.0 Å². The number of nitrogens with two attached hydrogens (primary N) is 1. The number of primary amides is 1. The summed E-state index contributed by atoms with van der Waals surface area (Å²) in [5, 5.41) is 3.54. The molecule has 0 bridgehead atoms. The molecule has 1 amide bonds. The van der Waals surface area contributed by atoms with Crippen molar-refractivity contribution in [2.75, 3.05) is 6.54 Å². The van der Waals surface area contributed by atoms with Gasteiger partial charge in [0, 0.05) is 12.0 Å². The summed E-state index contributed by atoms with van der Waals surface area (Å²) in [5.74, 6) is 1.63. The van der Waals surface area contributed by atoms with Crippen LogP contribution in [0.4, 0.5) is 0 Å². The lowest BCUT2D eigenvalue weighted by Crippen LogP contribution is -2.51. The maximum Gasteiger partial charge on any atom is 0.219 e. The zero-order valence-corrected chi connectivity index (χ0v) is 10.3. The average Bonchev–Trinajstić information content (AvgIpc) is 2.99. The SMILES string of the molecule is CCNC1(CC(N)=O)CCCC(C2CC2)C1. The monoisotopic (exact) mass is 224 g/mol. The van der Waals surface area contributed by atoms with E-state index in [0.717, 1.165) is 31.2 Å². The number of rotatable bonds is 5. The summed E-state index contributed by atoms with van der Waals surface area (Å²) in [4.78, 5) is 11.2. The molecule has 16 heavy (non-hydrogen) atoms. The van der Waals surface area contributed by atoms with Crippen molar-refractivity contribution in [3.63, 3.8) is 0 Å². The molecule has 0 heterocycles. The molecule has 2 aliphatic carbocycles. The average molecular weight is 224 g/mol. The standard InChI is InChI=1S/C13H24N2O/c1-2-15-13(9-12(14)16)7-3-4-11(8-13)10-5-6-10/h10-11,15H,2-9H2,1H3,(H2,14,16). The molecule has 2 fully saturated rings. The first kappa shape index (κ1) is 11.9. The number of nitrogens with one attached hydrogen (secondary N) is 1. The molecule has 2 rings (SSSR count). The van der Waals surface area contributed by atoms with Crippen molar-refractivity contribution in [2.24, 2.45) is 17.6 Å². The van der Waals surface area contributed by atoms with Gasteiger partial charge in [-0.1, -0.05) is 19.8 Å². The normalized spacial score (nSPS) is 34.9. The molecule has 2 atom stereocenters. The van der Waals surface area contributed by atoms with Crippen LogP contribution in [0, 0.1) is 11.8 Å². The summed E-state index contributed by atoms with van der Waals surface area (Å²) in [6.45, 7) is 3.05. The van der Waals surface area contributed by atoms with Gasteiger partial charge >= 0.3 is 0 Å². The first-order chi connectivity index (χ1) is 7.65. The van der Waals surface area contributed by atoms with Gasteiger partial charge in [0.25, 0.3) is 0 Å². The van der Waals surface area contributed by atoms with Crippen molar-refractivity contribution in [1.29, 1.82) is 0 Å². The third-order valence-electron chi connectivity index (χ3n) is 4.24. The number of hydrogen-bond acceptors (Lipinski definition) is 2. The van der Waals surface area contributed by atoms with Crippen molar-refractivity contribution in [3.8, 4) is 0 Å². The topological polar surface area (TPSA) is 55.1 Å². The molecule has 2 unspecified atom stereocenters. The van der Waals surface area contributed by atoms with Crippen LogP contribution in [0.2, 0.25) is 0 Å². The van der Waals surface area contributed by atoms with Gasteiger partial charge in [0.2, 0.25) is 5.91 Å². The molecule has 0 aromatic rings. The fourth-order valence-corrected chi connectivity index (χ4v) is 3.47. The van der Waals surface area contributed by atoms with Crippen LogP contribution in [0.25, 0.3) is 0 Å². The molecule has 0 saturated heterocycles. The van der Waals surface area contributed by atoms with Crippen molar-refractivity contribution in [3.05, 3.63) is 0 Å². The highest BCUT2D eigenvalue weighted by Crippen LogP contribution is 2.47. The molecule has 0 aromatic carbocycles. The quantitative estimate of drug-likeness (QED) is 0.748. The lowest BCUT2D eigenvalue weighted by Gasteiger charge is -2.41. The predicted octanol–water partition coefficient (Wildman–Crippen LogP) is 1.81. The Morgan fingerprint density at radius 1 is 1.38 bits per heavy atom. The van der Waals surface area contributed by atoms with Gasteiger partial charge in [0.1, 0.15) is 0 Å². The van der Waals surface area contributed by atoms with E-state index in [9.17, 15) is 4.79 Å². The van der Waals surface area contributed by atoms with Gasteiger partial charge < -0.3 is 11.1 Å². The van der Waals surface area contributed by atoms with Gasteiger partial charge in [0.15, 0.2) is 0 Å². The first-order valence-electron chi connectivity index (χ1n) is 6.68. The number of amides is 1.